The zero-order valence-electron chi connectivity index (χ0n) is 19.0. The molecule has 0 aliphatic carbocycles. The molecule has 0 bridgehead atoms. The van der Waals surface area contributed by atoms with Crippen molar-refractivity contribution in [2.75, 3.05) is 36.8 Å². The zero-order valence-corrected chi connectivity index (χ0v) is 19.8. The first-order chi connectivity index (χ1) is 17.0. The molecule has 0 spiro atoms. The lowest BCUT2D eigenvalue weighted by Crippen LogP contribution is -2.51. The Balaban J connectivity index is 1.57. The minimum Gasteiger partial charge on any atom is -0.428 e. The molecule has 2 heterocycles. The Bertz CT molecular complexity index is 1090. The Labute approximate surface area is 205 Å². The van der Waals surface area contributed by atoms with Crippen LogP contribution in [0.1, 0.15) is 12.2 Å². The number of piperazine rings is 1. The number of aromatic nitrogens is 2. The van der Waals surface area contributed by atoms with E-state index < -0.39 is 40.1 Å². The highest BCUT2D eigenvalue weighted by Gasteiger charge is 2.44. The van der Waals surface area contributed by atoms with Gasteiger partial charge >= 0.3 is 12.5 Å². The number of alkyl halides is 4. The molecule has 36 heavy (non-hydrogen) atoms. The van der Waals surface area contributed by atoms with Crippen molar-refractivity contribution in [3.63, 3.8) is 0 Å². The zero-order chi connectivity index (χ0) is 26.3. The number of rotatable bonds is 12. The van der Waals surface area contributed by atoms with E-state index in [4.69, 9.17) is 0 Å². The Hall–Kier alpha value is -3.04. The van der Waals surface area contributed by atoms with Crippen LogP contribution < -0.4 is 9.64 Å². The first-order valence-corrected chi connectivity index (χ1v) is 12.5. The van der Waals surface area contributed by atoms with Crippen LogP contribution in [0.4, 0.5) is 23.2 Å². The highest BCUT2D eigenvalue weighted by atomic mass is 32.2. The van der Waals surface area contributed by atoms with Crippen molar-refractivity contribution >= 4 is 22.1 Å². The molecule has 15 heteroatoms. The van der Waals surface area contributed by atoms with Crippen LogP contribution in [0.25, 0.3) is 0 Å². The molecular formula is C21H25F4N5O5S. The summed E-state index contributed by atoms with van der Waals surface area (Å²) >= 11 is 0. The van der Waals surface area contributed by atoms with Crippen LogP contribution in [0.2, 0.25) is 0 Å². The van der Waals surface area contributed by atoms with E-state index in [1.54, 1.807) is 11.0 Å². The van der Waals surface area contributed by atoms with Crippen molar-refractivity contribution in [3.8, 4) is 5.75 Å². The topological polar surface area (TPSA) is 116 Å². The Morgan fingerprint density at radius 3 is 2.28 bits per heavy atom. The molecule has 3 rings (SSSR count). The van der Waals surface area contributed by atoms with E-state index in [9.17, 15) is 36.0 Å². The van der Waals surface area contributed by atoms with E-state index in [1.807, 2.05) is 0 Å². The monoisotopic (exact) mass is 535 g/mol. The second kappa shape index (κ2) is 11.8. The van der Waals surface area contributed by atoms with Gasteiger partial charge in [-0.2, -0.15) is 21.9 Å². The maximum absolute atomic E-state index is 13.1. The summed E-state index contributed by atoms with van der Waals surface area (Å²) < 4.78 is 81.9. The fraction of sp³-hybridized carbons (Fsp3) is 0.476. The molecule has 1 aromatic carbocycles. The number of aryl methyl sites for hydroxylation is 1. The van der Waals surface area contributed by atoms with Gasteiger partial charge in [-0.1, -0.05) is 0 Å². The number of sulfonamides is 1. The first kappa shape index (κ1) is 27.5. The molecule has 198 valence electrons. The number of amides is 1. The molecular weight excluding hydrogens is 510 g/mol. The van der Waals surface area contributed by atoms with Gasteiger partial charge in [0.1, 0.15) is 11.6 Å². The van der Waals surface area contributed by atoms with Gasteiger partial charge in [0.05, 0.1) is 11.8 Å². The van der Waals surface area contributed by atoms with E-state index in [1.165, 1.54) is 28.8 Å². The third kappa shape index (κ3) is 7.24. The second-order valence-corrected chi connectivity index (χ2v) is 9.98. The van der Waals surface area contributed by atoms with Crippen LogP contribution in [-0.4, -0.2) is 89.9 Å². The van der Waals surface area contributed by atoms with Gasteiger partial charge in [-0.05, 0) is 36.8 Å². The number of benzene rings is 1. The molecule has 1 aliphatic rings. The maximum atomic E-state index is 13.1. The van der Waals surface area contributed by atoms with Crippen molar-refractivity contribution in [3.05, 3.63) is 48.5 Å². The van der Waals surface area contributed by atoms with Crippen LogP contribution in [-0.2, 0) is 21.2 Å². The average Bonchev–Trinajstić information content (AvgIpc) is 2.87. The van der Waals surface area contributed by atoms with Crippen molar-refractivity contribution in [1.82, 2.24) is 19.3 Å². The van der Waals surface area contributed by atoms with Gasteiger partial charge in [0.15, 0.2) is 0 Å². The summed E-state index contributed by atoms with van der Waals surface area (Å²) in [6, 6.07) is 5.71. The van der Waals surface area contributed by atoms with Crippen molar-refractivity contribution in [2.24, 2.45) is 0 Å². The van der Waals surface area contributed by atoms with Gasteiger partial charge in [0.25, 0.3) is 0 Å². The number of ether oxygens (including phenoxy) is 1. The number of nitrogens with zero attached hydrogens (tertiary/aromatic N) is 5. The van der Waals surface area contributed by atoms with E-state index >= 15 is 0 Å². The SMILES string of the molecule is O=CN(O)C(CCc1ncccn1)CS(=O)(=O)N1CCN(c2ccc(OC(F)(F)C(F)F)cc2)CC1. The first-order valence-electron chi connectivity index (χ1n) is 10.9. The molecule has 1 fully saturated rings. The van der Waals surface area contributed by atoms with Gasteiger partial charge in [-0.3, -0.25) is 10.0 Å². The number of halogens is 4. The van der Waals surface area contributed by atoms with E-state index in [2.05, 4.69) is 14.7 Å². The van der Waals surface area contributed by atoms with Crippen LogP contribution in [0.3, 0.4) is 0 Å². The maximum Gasteiger partial charge on any atom is 0.461 e. The quantitative estimate of drug-likeness (QED) is 0.190. The molecule has 1 N–H and O–H groups in total. The number of hydrogen-bond donors (Lipinski definition) is 1. The fourth-order valence-electron chi connectivity index (χ4n) is 3.63. The minimum atomic E-state index is -4.61. The summed E-state index contributed by atoms with van der Waals surface area (Å²) in [5.74, 6) is -0.484. The Kier molecular flexibility index (Phi) is 9.03. The van der Waals surface area contributed by atoms with Crippen LogP contribution >= 0.6 is 0 Å². The van der Waals surface area contributed by atoms with E-state index in [0.717, 1.165) is 12.1 Å². The molecule has 1 atom stereocenters. The summed E-state index contributed by atoms with van der Waals surface area (Å²) in [7, 11) is -3.85. The lowest BCUT2D eigenvalue weighted by molar-refractivity contribution is -0.253. The average molecular weight is 536 g/mol. The van der Waals surface area contributed by atoms with Gasteiger partial charge < -0.3 is 9.64 Å². The number of carbonyl (C=O) groups is 1. The van der Waals surface area contributed by atoms with Gasteiger partial charge in [-0.25, -0.2) is 23.4 Å². The minimum absolute atomic E-state index is 0.102. The molecule has 1 saturated heterocycles. The number of anilines is 1. The summed E-state index contributed by atoms with van der Waals surface area (Å²) in [6.45, 7) is 0.744. The largest absolute Gasteiger partial charge is 0.461 e. The summed E-state index contributed by atoms with van der Waals surface area (Å²) in [4.78, 5) is 21.0. The highest BCUT2D eigenvalue weighted by Crippen LogP contribution is 2.29. The lowest BCUT2D eigenvalue weighted by atomic mass is 10.2. The molecule has 10 nitrogen and oxygen atoms in total. The molecule has 1 unspecified atom stereocenters. The number of hydrogen-bond acceptors (Lipinski definition) is 8. The molecule has 1 amide bonds. The molecule has 1 aromatic heterocycles. The number of hydroxylamine groups is 2. The van der Waals surface area contributed by atoms with E-state index in [0.29, 0.717) is 16.6 Å². The van der Waals surface area contributed by atoms with E-state index in [-0.39, 0.29) is 45.4 Å². The van der Waals surface area contributed by atoms with Gasteiger partial charge in [-0.15, -0.1) is 0 Å². The Morgan fingerprint density at radius 2 is 1.72 bits per heavy atom. The van der Waals surface area contributed by atoms with Crippen molar-refractivity contribution in [2.45, 2.75) is 31.4 Å². The van der Waals surface area contributed by atoms with Crippen molar-refractivity contribution in [1.29, 1.82) is 0 Å². The smallest absolute Gasteiger partial charge is 0.428 e. The number of carbonyl (C=O) groups excluding carboxylic acids is 1. The normalized spacial score (nSPS) is 16.1. The second-order valence-electron chi connectivity index (χ2n) is 7.97. The van der Waals surface area contributed by atoms with Crippen LogP contribution in [0.15, 0.2) is 42.7 Å². The molecule has 1 aliphatic heterocycles. The fourth-order valence-corrected chi connectivity index (χ4v) is 5.37. The predicted molar refractivity (Wildman–Crippen MR) is 119 cm³/mol. The summed E-state index contributed by atoms with van der Waals surface area (Å²) in [6.07, 6.45) is -4.99. The van der Waals surface area contributed by atoms with Gasteiger partial charge in [0, 0.05) is 50.7 Å². The third-order valence-electron chi connectivity index (χ3n) is 5.55. The summed E-state index contributed by atoms with van der Waals surface area (Å²) in [5, 5.41) is 10.2. The standard InChI is InChI=1S/C21H25F4N5O5S/c22-20(23)21(24,25)35-18-5-2-16(3-6-18)28-10-12-29(13-11-28)36(33,34)14-17(30(32)15-31)4-7-19-26-8-1-9-27-19/h1-3,5-6,8-9,15,17,20,32H,4,7,10-14H2. The lowest BCUT2D eigenvalue weighted by Gasteiger charge is -2.36. The van der Waals surface area contributed by atoms with Gasteiger partial charge in [0.2, 0.25) is 16.4 Å². The highest BCUT2D eigenvalue weighted by molar-refractivity contribution is 7.89. The van der Waals surface area contributed by atoms with Crippen LogP contribution in [0.5, 0.6) is 5.75 Å². The van der Waals surface area contributed by atoms with Crippen LogP contribution in [0, 0.1) is 0 Å². The predicted octanol–water partition coefficient (Wildman–Crippen LogP) is 2.01. The molecule has 0 radical (unpaired) electrons. The molecule has 2 aromatic rings. The van der Waals surface area contributed by atoms with Crippen molar-refractivity contribution < 1.29 is 40.7 Å². The Morgan fingerprint density at radius 1 is 1.11 bits per heavy atom. The third-order valence-corrected chi connectivity index (χ3v) is 7.51. The molecule has 0 saturated carbocycles. The summed E-state index contributed by atoms with van der Waals surface area (Å²) in [5.41, 5.74) is 0.572.